The fourth-order valence-corrected chi connectivity index (χ4v) is 1.98. The number of hydrogen-bond acceptors (Lipinski definition) is 4. The lowest BCUT2D eigenvalue weighted by Gasteiger charge is -2.21. The molecule has 22 heavy (non-hydrogen) atoms. The van der Waals surface area contributed by atoms with Crippen molar-refractivity contribution in [1.29, 1.82) is 0 Å². The lowest BCUT2D eigenvalue weighted by molar-refractivity contribution is -0.146. The predicted molar refractivity (Wildman–Crippen MR) is 85.1 cm³/mol. The maximum Gasteiger partial charge on any atom is 0.328 e. The van der Waals surface area contributed by atoms with Gasteiger partial charge in [-0.2, -0.15) is 0 Å². The summed E-state index contributed by atoms with van der Waals surface area (Å²) >= 11 is 5.93. The summed E-state index contributed by atoms with van der Waals surface area (Å²) in [5.41, 5.74) is 0.867. The largest absolute Gasteiger partial charge is 0.484 e. The van der Waals surface area contributed by atoms with E-state index in [9.17, 15) is 9.59 Å². The molecule has 1 N–H and O–H groups in total. The zero-order valence-electron chi connectivity index (χ0n) is 13.3. The fourth-order valence-electron chi connectivity index (χ4n) is 1.87. The zero-order valence-corrected chi connectivity index (χ0v) is 14.1. The molecule has 0 aliphatic heterocycles. The molecule has 0 aromatic heterocycles. The highest BCUT2D eigenvalue weighted by atomic mass is 35.5. The Kier molecular flexibility index (Phi) is 7.18. The van der Waals surface area contributed by atoms with Crippen LogP contribution < -0.4 is 10.1 Å². The Morgan fingerprint density at radius 2 is 2.05 bits per heavy atom. The number of halogens is 1. The molecule has 0 heterocycles. The predicted octanol–water partition coefficient (Wildman–Crippen LogP) is 2.73. The summed E-state index contributed by atoms with van der Waals surface area (Å²) in [7, 11) is 1.30. The average molecular weight is 328 g/mol. The highest BCUT2D eigenvalue weighted by Crippen LogP contribution is 2.20. The van der Waals surface area contributed by atoms with E-state index in [0.717, 1.165) is 12.0 Å². The van der Waals surface area contributed by atoms with E-state index in [4.69, 9.17) is 21.1 Å². The highest BCUT2D eigenvalue weighted by molar-refractivity contribution is 6.31. The Balaban J connectivity index is 2.60. The van der Waals surface area contributed by atoms with E-state index in [1.54, 1.807) is 18.2 Å². The lowest BCUT2D eigenvalue weighted by atomic mass is 9.99. The lowest BCUT2D eigenvalue weighted by Crippen LogP contribution is -2.47. The number of carbonyl (C=O) groups excluding carboxylic acids is 2. The molecule has 1 aromatic carbocycles. The van der Waals surface area contributed by atoms with E-state index in [1.807, 2.05) is 20.8 Å². The van der Waals surface area contributed by atoms with Crippen molar-refractivity contribution in [3.63, 3.8) is 0 Å². The Morgan fingerprint density at radius 3 is 2.59 bits per heavy atom. The first-order valence-corrected chi connectivity index (χ1v) is 7.53. The van der Waals surface area contributed by atoms with Crippen LogP contribution >= 0.6 is 11.6 Å². The second kappa shape index (κ2) is 8.63. The zero-order chi connectivity index (χ0) is 16.7. The van der Waals surface area contributed by atoms with Gasteiger partial charge in [-0.05, 0) is 36.6 Å². The minimum atomic E-state index is -0.668. The van der Waals surface area contributed by atoms with Crippen molar-refractivity contribution in [3.05, 3.63) is 28.8 Å². The van der Waals surface area contributed by atoms with Crippen LogP contribution in [0.5, 0.6) is 5.75 Å². The van der Waals surface area contributed by atoms with E-state index in [2.05, 4.69) is 5.32 Å². The van der Waals surface area contributed by atoms with Gasteiger partial charge in [0, 0.05) is 5.02 Å². The van der Waals surface area contributed by atoms with Crippen LogP contribution in [0.1, 0.15) is 25.8 Å². The molecular weight excluding hydrogens is 306 g/mol. The number of hydrogen-bond donors (Lipinski definition) is 1. The summed E-state index contributed by atoms with van der Waals surface area (Å²) in [6.45, 7) is 5.50. The molecule has 0 saturated carbocycles. The number of benzene rings is 1. The van der Waals surface area contributed by atoms with Crippen molar-refractivity contribution >= 4 is 23.5 Å². The molecule has 0 spiro atoms. The third kappa shape index (κ3) is 5.22. The molecule has 0 unspecified atom stereocenters. The maximum absolute atomic E-state index is 11.9. The van der Waals surface area contributed by atoms with Crippen molar-refractivity contribution in [3.8, 4) is 5.75 Å². The molecule has 0 bridgehead atoms. The van der Waals surface area contributed by atoms with Crippen LogP contribution in [0.2, 0.25) is 5.02 Å². The van der Waals surface area contributed by atoms with Crippen LogP contribution in [0.25, 0.3) is 0 Å². The van der Waals surface area contributed by atoms with E-state index >= 15 is 0 Å². The molecule has 0 saturated heterocycles. The molecule has 1 aromatic rings. The van der Waals surface area contributed by atoms with Crippen LogP contribution in [0, 0.1) is 12.8 Å². The summed E-state index contributed by atoms with van der Waals surface area (Å²) in [6.07, 6.45) is 0.747. The van der Waals surface area contributed by atoms with Crippen LogP contribution in [-0.2, 0) is 14.3 Å². The topological polar surface area (TPSA) is 64.6 Å². The maximum atomic E-state index is 11.9. The van der Waals surface area contributed by atoms with Gasteiger partial charge >= 0.3 is 5.97 Å². The number of methoxy groups -OCH3 is 1. The number of rotatable bonds is 7. The Bertz CT molecular complexity index is 533. The first-order valence-electron chi connectivity index (χ1n) is 7.15. The van der Waals surface area contributed by atoms with Gasteiger partial charge in [-0.25, -0.2) is 4.79 Å². The van der Waals surface area contributed by atoms with E-state index < -0.39 is 12.0 Å². The van der Waals surface area contributed by atoms with Crippen LogP contribution in [0.3, 0.4) is 0 Å². The third-order valence-corrected chi connectivity index (χ3v) is 3.91. The summed E-state index contributed by atoms with van der Waals surface area (Å²) < 4.78 is 10.1. The molecule has 122 valence electrons. The Hall–Kier alpha value is -1.75. The summed E-state index contributed by atoms with van der Waals surface area (Å²) in [6, 6.07) is 4.48. The van der Waals surface area contributed by atoms with Crippen LogP contribution in [0.4, 0.5) is 0 Å². The second-order valence-electron chi connectivity index (χ2n) is 5.15. The van der Waals surface area contributed by atoms with Gasteiger partial charge in [0.2, 0.25) is 0 Å². The molecule has 0 radical (unpaired) electrons. The molecule has 0 aliphatic rings. The van der Waals surface area contributed by atoms with Gasteiger partial charge in [-0.15, -0.1) is 0 Å². The Morgan fingerprint density at radius 1 is 1.36 bits per heavy atom. The quantitative estimate of drug-likeness (QED) is 0.782. The number of ether oxygens (including phenoxy) is 2. The van der Waals surface area contributed by atoms with Crippen molar-refractivity contribution in [2.45, 2.75) is 33.2 Å². The number of aryl methyl sites for hydroxylation is 1. The molecule has 0 fully saturated rings. The monoisotopic (exact) mass is 327 g/mol. The second-order valence-corrected chi connectivity index (χ2v) is 5.56. The number of amides is 1. The average Bonchev–Trinajstić information content (AvgIpc) is 2.52. The van der Waals surface area contributed by atoms with Gasteiger partial charge in [-0.3, -0.25) is 4.79 Å². The van der Waals surface area contributed by atoms with Gasteiger partial charge in [0.25, 0.3) is 5.91 Å². The normalized spacial score (nSPS) is 13.1. The summed E-state index contributed by atoms with van der Waals surface area (Å²) in [5.74, 6) is -0.294. The molecule has 1 rings (SSSR count). The van der Waals surface area contributed by atoms with Gasteiger partial charge in [-0.1, -0.05) is 31.9 Å². The standard InChI is InChI=1S/C16H22ClNO4/c1-5-10(2)15(16(20)21-4)18-14(19)9-22-12-6-7-13(17)11(3)8-12/h6-8,10,15H,5,9H2,1-4H3,(H,18,19)/t10-,15-/m0/s1. The van der Waals surface area contributed by atoms with Crippen molar-refractivity contribution in [2.24, 2.45) is 5.92 Å². The third-order valence-electron chi connectivity index (χ3n) is 3.48. The van der Waals surface area contributed by atoms with E-state index in [-0.39, 0.29) is 18.4 Å². The smallest absolute Gasteiger partial charge is 0.328 e. The fraction of sp³-hybridized carbons (Fsp3) is 0.500. The molecule has 6 heteroatoms. The number of esters is 1. The molecular formula is C16H22ClNO4. The number of carbonyl (C=O) groups is 2. The van der Waals surface area contributed by atoms with Crippen molar-refractivity contribution in [1.82, 2.24) is 5.32 Å². The number of nitrogens with one attached hydrogen (secondary N) is 1. The van der Waals surface area contributed by atoms with Gasteiger partial charge in [0.15, 0.2) is 6.61 Å². The summed E-state index contributed by atoms with van der Waals surface area (Å²) in [4.78, 5) is 23.7. The van der Waals surface area contributed by atoms with Gasteiger partial charge < -0.3 is 14.8 Å². The van der Waals surface area contributed by atoms with Crippen LogP contribution in [0.15, 0.2) is 18.2 Å². The van der Waals surface area contributed by atoms with Crippen LogP contribution in [-0.4, -0.2) is 31.6 Å². The highest BCUT2D eigenvalue weighted by Gasteiger charge is 2.26. The molecule has 5 nitrogen and oxygen atoms in total. The first kappa shape index (κ1) is 18.3. The molecule has 2 atom stereocenters. The van der Waals surface area contributed by atoms with Gasteiger partial charge in [0.1, 0.15) is 11.8 Å². The van der Waals surface area contributed by atoms with Crippen molar-refractivity contribution in [2.75, 3.05) is 13.7 Å². The molecule has 1 amide bonds. The summed E-state index contributed by atoms with van der Waals surface area (Å²) in [5, 5.41) is 3.29. The minimum Gasteiger partial charge on any atom is -0.484 e. The molecule has 0 aliphatic carbocycles. The SMILES string of the molecule is CC[C@H](C)[C@H](NC(=O)COc1ccc(Cl)c(C)c1)C(=O)OC. The van der Waals surface area contributed by atoms with Gasteiger partial charge in [0.05, 0.1) is 7.11 Å². The Labute approximate surface area is 135 Å². The minimum absolute atomic E-state index is 0.0193. The van der Waals surface area contributed by atoms with Crippen molar-refractivity contribution < 1.29 is 19.1 Å². The van der Waals surface area contributed by atoms with E-state index in [0.29, 0.717) is 10.8 Å². The first-order chi connectivity index (χ1) is 10.4. The van der Waals surface area contributed by atoms with E-state index in [1.165, 1.54) is 7.11 Å².